The van der Waals surface area contributed by atoms with Crippen molar-refractivity contribution in [1.29, 1.82) is 0 Å². The highest BCUT2D eigenvalue weighted by Gasteiger charge is 2.28. The van der Waals surface area contributed by atoms with Gasteiger partial charge in [0.05, 0.1) is 14.2 Å². The van der Waals surface area contributed by atoms with Crippen LogP contribution < -0.4 is 14.8 Å². The Morgan fingerprint density at radius 2 is 2.00 bits per heavy atom. The van der Waals surface area contributed by atoms with Crippen LogP contribution in [0.3, 0.4) is 0 Å². The molecule has 0 atom stereocenters. The number of nitrogens with zero attached hydrogens (tertiary/aromatic N) is 1. The third-order valence-electron chi connectivity index (χ3n) is 4.22. The molecule has 130 valence electrons. The zero-order valence-corrected chi connectivity index (χ0v) is 14.9. The summed E-state index contributed by atoms with van der Waals surface area (Å²) in [6, 6.07) is 9.37. The first-order valence-electron chi connectivity index (χ1n) is 8.13. The molecule has 5 heteroatoms. The summed E-state index contributed by atoms with van der Waals surface area (Å²) in [4.78, 5) is 16.8. The molecule has 0 bridgehead atoms. The number of ketones is 1. The normalized spacial score (nSPS) is 16.7. The number of allylic oxidation sites excluding steroid dienone is 1. The fourth-order valence-electron chi connectivity index (χ4n) is 3.01. The van der Waals surface area contributed by atoms with Gasteiger partial charge in [-0.05, 0) is 44.0 Å². The van der Waals surface area contributed by atoms with Gasteiger partial charge in [0.2, 0.25) is 5.88 Å². The van der Waals surface area contributed by atoms with Gasteiger partial charge in [0.15, 0.2) is 5.78 Å². The highest BCUT2D eigenvalue weighted by atomic mass is 16.5. The Balaban J connectivity index is 1.99. The fraction of sp³-hybridized carbons (Fsp3) is 0.300. The summed E-state index contributed by atoms with van der Waals surface area (Å²) >= 11 is 0. The number of benzene rings is 1. The van der Waals surface area contributed by atoms with Crippen molar-refractivity contribution in [3.8, 4) is 11.6 Å². The van der Waals surface area contributed by atoms with Gasteiger partial charge in [0.1, 0.15) is 5.75 Å². The molecule has 1 aliphatic rings. The van der Waals surface area contributed by atoms with E-state index in [4.69, 9.17) is 9.47 Å². The fourth-order valence-corrected chi connectivity index (χ4v) is 3.01. The molecule has 1 aromatic carbocycles. The van der Waals surface area contributed by atoms with Gasteiger partial charge >= 0.3 is 0 Å². The van der Waals surface area contributed by atoms with Gasteiger partial charge in [-0.15, -0.1) is 0 Å². The molecule has 0 aliphatic carbocycles. The summed E-state index contributed by atoms with van der Waals surface area (Å²) in [6.07, 6.45) is 4.03. The van der Waals surface area contributed by atoms with Crippen molar-refractivity contribution in [2.24, 2.45) is 0 Å². The number of methoxy groups -OCH3 is 2. The molecule has 1 N–H and O–H groups in total. The van der Waals surface area contributed by atoms with Gasteiger partial charge in [-0.2, -0.15) is 0 Å². The van der Waals surface area contributed by atoms with E-state index in [9.17, 15) is 4.79 Å². The molecule has 2 aromatic rings. The van der Waals surface area contributed by atoms with Gasteiger partial charge < -0.3 is 14.8 Å². The van der Waals surface area contributed by atoms with Gasteiger partial charge in [0.25, 0.3) is 0 Å². The number of rotatable bonds is 4. The number of hydrogen-bond donors (Lipinski definition) is 1. The molecule has 1 aliphatic heterocycles. The maximum absolute atomic E-state index is 12.7. The Labute approximate surface area is 147 Å². The number of pyridine rings is 1. The van der Waals surface area contributed by atoms with Crippen LogP contribution in [0.25, 0.3) is 5.70 Å². The second-order valence-corrected chi connectivity index (χ2v) is 6.72. The van der Waals surface area contributed by atoms with Gasteiger partial charge in [-0.25, -0.2) is 4.98 Å². The molecule has 1 aromatic heterocycles. The van der Waals surface area contributed by atoms with Crippen LogP contribution >= 0.6 is 0 Å². The van der Waals surface area contributed by atoms with Crippen LogP contribution in [-0.4, -0.2) is 30.5 Å². The molecule has 5 nitrogen and oxygen atoms in total. The maximum Gasteiger partial charge on any atom is 0.212 e. The highest BCUT2D eigenvalue weighted by molar-refractivity contribution is 6.08. The molecule has 0 unspecified atom stereocenters. The highest BCUT2D eigenvalue weighted by Crippen LogP contribution is 2.32. The number of carbonyl (C=O) groups excluding carboxylic acids is 1. The van der Waals surface area contributed by atoms with Crippen molar-refractivity contribution < 1.29 is 14.3 Å². The maximum atomic E-state index is 12.7. The van der Waals surface area contributed by atoms with E-state index < -0.39 is 0 Å². The molecule has 0 amide bonds. The van der Waals surface area contributed by atoms with E-state index in [0.29, 0.717) is 11.4 Å². The standard InChI is InChI=1S/C20H22N2O3/c1-20(2)11-13-5-7-15(24-3)9-16(13)17(22-20)10-18(23)14-6-8-19(25-4)21-12-14/h5-10,12,22H,11H2,1-4H3/b17-10-. The molecule has 0 radical (unpaired) electrons. The minimum atomic E-state index is -0.133. The van der Waals surface area contributed by atoms with Crippen LogP contribution in [0.1, 0.15) is 35.3 Å². The number of aromatic nitrogens is 1. The third-order valence-corrected chi connectivity index (χ3v) is 4.22. The summed E-state index contributed by atoms with van der Waals surface area (Å²) in [6.45, 7) is 4.24. The number of fused-ring (bicyclic) bond motifs is 1. The van der Waals surface area contributed by atoms with E-state index in [1.807, 2.05) is 12.1 Å². The third kappa shape index (κ3) is 3.65. The average molecular weight is 338 g/mol. The van der Waals surface area contributed by atoms with Crippen molar-refractivity contribution in [3.63, 3.8) is 0 Å². The Morgan fingerprint density at radius 1 is 1.20 bits per heavy atom. The van der Waals surface area contributed by atoms with Crippen LogP contribution in [0.2, 0.25) is 0 Å². The smallest absolute Gasteiger partial charge is 0.212 e. The number of ether oxygens (including phenoxy) is 2. The average Bonchev–Trinajstić information content (AvgIpc) is 2.60. The van der Waals surface area contributed by atoms with E-state index in [-0.39, 0.29) is 11.3 Å². The summed E-state index contributed by atoms with van der Waals surface area (Å²) in [7, 11) is 3.18. The Morgan fingerprint density at radius 3 is 2.64 bits per heavy atom. The topological polar surface area (TPSA) is 60.5 Å². The van der Waals surface area contributed by atoms with Crippen molar-refractivity contribution in [2.45, 2.75) is 25.8 Å². The predicted molar refractivity (Wildman–Crippen MR) is 97.0 cm³/mol. The Kier molecular flexibility index (Phi) is 4.49. The van der Waals surface area contributed by atoms with Crippen molar-refractivity contribution in [1.82, 2.24) is 10.3 Å². The van der Waals surface area contributed by atoms with E-state index in [2.05, 4.69) is 30.2 Å². The summed E-state index contributed by atoms with van der Waals surface area (Å²) in [5.74, 6) is 1.14. The predicted octanol–water partition coefficient (Wildman–Crippen LogP) is 3.25. The first-order chi connectivity index (χ1) is 11.9. The number of nitrogens with one attached hydrogen (secondary N) is 1. The van der Waals surface area contributed by atoms with Gasteiger partial charge in [-0.3, -0.25) is 4.79 Å². The summed E-state index contributed by atoms with van der Waals surface area (Å²) in [5.41, 5.74) is 3.37. The Hall–Kier alpha value is -2.82. The summed E-state index contributed by atoms with van der Waals surface area (Å²) in [5, 5.41) is 3.46. The second-order valence-electron chi connectivity index (χ2n) is 6.72. The molecule has 0 saturated carbocycles. The monoisotopic (exact) mass is 338 g/mol. The van der Waals surface area contributed by atoms with E-state index in [1.54, 1.807) is 32.4 Å². The number of carbonyl (C=O) groups is 1. The first-order valence-corrected chi connectivity index (χ1v) is 8.13. The zero-order chi connectivity index (χ0) is 18.0. The summed E-state index contributed by atoms with van der Waals surface area (Å²) < 4.78 is 10.4. The largest absolute Gasteiger partial charge is 0.497 e. The van der Waals surface area contributed by atoms with Crippen LogP contribution in [0.5, 0.6) is 11.6 Å². The van der Waals surface area contributed by atoms with Gasteiger partial charge in [-0.1, -0.05) is 6.07 Å². The lowest BCUT2D eigenvalue weighted by Crippen LogP contribution is -2.43. The van der Waals surface area contributed by atoms with Crippen LogP contribution in [0.4, 0.5) is 0 Å². The quantitative estimate of drug-likeness (QED) is 0.685. The van der Waals surface area contributed by atoms with Crippen molar-refractivity contribution >= 4 is 11.5 Å². The zero-order valence-electron chi connectivity index (χ0n) is 14.9. The lowest BCUT2D eigenvalue weighted by atomic mass is 9.85. The van der Waals surface area contributed by atoms with Crippen LogP contribution in [-0.2, 0) is 6.42 Å². The van der Waals surface area contributed by atoms with Crippen LogP contribution in [0.15, 0.2) is 42.6 Å². The lowest BCUT2D eigenvalue weighted by molar-refractivity contribution is 0.104. The molecular formula is C20H22N2O3. The minimum Gasteiger partial charge on any atom is -0.497 e. The van der Waals surface area contributed by atoms with E-state index in [1.165, 1.54) is 11.8 Å². The van der Waals surface area contributed by atoms with Gasteiger partial charge in [0, 0.05) is 40.7 Å². The number of hydrogen-bond acceptors (Lipinski definition) is 5. The second kappa shape index (κ2) is 6.59. The Bertz CT molecular complexity index is 823. The van der Waals surface area contributed by atoms with Crippen LogP contribution in [0, 0.1) is 0 Å². The van der Waals surface area contributed by atoms with Crippen molar-refractivity contribution in [3.05, 3.63) is 59.3 Å². The molecule has 2 heterocycles. The molecule has 0 spiro atoms. The van der Waals surface area contributed by atoms with Crippen molar-refractivity contribution in [2.75, 3.05) is 14.2 Å². The SMILES string of the molecule is COc1ccc2c(c1)/C(=C/C(=O)c1ccc(OC)nc1)NC(C)(C)C2. The van der Waals surface area contributed by atoms with E-state index in [0.717, 1.165) is 23.4 Å². The lowest BCUT2D eigenvalue weighted by Gasteiger charge is -2.35. The molecule has 0 saturated heterocycles. The molecule has 0 fully saturated rings. The minimum absolute atomic E-state index is 0.107. The molecule has 3 rings (SSSR count). The molecule has 25 heavy (non-hydrogen) atoms. The van der Waals surface area contributed by atoms with E-state index >= 15 is 0 Å². The molecular weight excluding hydrogens is 316 g/mol. The first kappa shape index (κ1) is 17.0.